The topological polar surface area (TPSA) is 12.0 Å². The van der Waals surface area contributed by atoms with E-state index in [1.165, 1.54) is 0 Å². The van der Waals surface area contributed by atoms with Crippen molar-refractivity contribution in [3.63, 3.8) is 0 Å². The summed E-state index contributed by atoms with van der Waals surface area (Å²) >= 11 is 1.00. The second-order valence-electron chi connectivity index (χ2n) is 1.69. The van der Waals surface area contributed by atoms with Gasteiger partial charge in [0.25, 0.3) is 16.3 Å². The summed E-state index contributed by atoms with van der Waals surface area (Å²) in [6, 6.07) is 0. The van der Waals surface area contributed by atoms with E-state index >= 15 is 0 Å². The first kappa shape index (κ1) is 6.81. The van der Waals surface area contributed by atoms with Crippen molar-refractivity contribution in [3.8, 4) is 0 Å². The van der Waals surface area contributed by atoms with Crippen LogP contribution in [0.5, 0.6) is 0 Å². The van der Waals surface area contributed by atoms with Crippen LogP contribution in [0.1, 0.15) is 6.92 Å². The van der Waals surface area contributed by atoms with Crippen LogP contribution in [-0.2, 0) is 0 Å². The molecule has 0 radical (unpaired) electrons. The SMILES string of the molecule is C=C(C)N[C](=C)[AlH2]. The van der Waals surface area contributed by atoms with E-state index in [2.05, 4.69) is 18.5 Å². The Kier molecular flexibility index (Phi) is 2.82. The van der Waals surface area contributed by atoms with Gasteiger partial charge >= 0.3 is 0 Å². The summed E-state index contributed by atoms with van der Waals surface area (Å²) in [5, 5.41) is 2.98. The van der Waals surface area contributed by atoms with Crippen molar-refractivity contribution in [2.45, 2.75) is 6.92 Å². The van der Waals surface area contributed by atoms with Gasteiger partial charge in [-0.1, -0.05) is 17.7 Å². The highest BCUT2D eigenvalue weighted by Crippen LogP contribution is 1.80. The molecule has 1 nitrogen and oxygen atoms in total. The molecule has 0 unspecified atom stereocenters. The van der Waals surface area contributed by atoms with Crippen LogP contribution in [0.25, 0.3) is 0 Å². The van der Waals surface area contributed by atoms with Crippen molar-refractivity contribution in [1.29, 1.82) is 0 Å². The quantitative estimate of drug-likeness (QED) is 0.502. The maximum atomic E-state index is 3.69. The predicted molar refractivity (Wildman–Crippen MR) is 35.6 cm³/mol. The minimum absolute atomic E-state index is 0.972. The van der Waals surface area contributed by atoms with E-state index in [1.807, 2.05) is 6.92 Å². The van der Waals surface area contributed by atoms with Gasteiger partial charge in [0.1, 0.15) is 0 Å². The highest BCUT2D eigenvalue weighted by atomic mass is 27.0. The first-order valence-corrected chi connectivity index (χ1v) is 3.21. The van der Waals surface area contributed by atoms with Crippen molar-refractivity contribution in [2.75, 3.05) is 0 Å². The molecule has 0 aliphatic carbocycles. The van der Waals surface area contributed by atoms with Gasteiger partial charge in [0, 0.05) is 5.70 Å². The molecular formula is C5H10AlN. The van der Waals surface area contributed by atoms with E-state index in [4.69, 9.17) is 0 Å². The monoisotopic (exact) mass is 111 g/mol. The second-order valence-corrected chi connectivity index (χ2v) is 2.89. The molecule has 0 spiro atoms. The molecule has 0 fully saturated rings. The third-order valence-electron chi connectivity index (χ3n) is 0.427. The van der Waals surface area contributed by atoms with Gasteiger partial charge in [-0.15, -0.1) is 0 Å². The zero-order valence-electron chi connectivity index (χ0n) is 4.91. The maximum absolute atomic E-state index is 3.69. The molecule has 0 aliphatic heterocycles. The first-order chi connectivity index (χ1) is 3.13. The Morgan fingerprint density at radius 3 is 2.00 bits per heavy atom. The summed E-state index contributed by atoms with van der Waals surface area (Å²) in [4.78, 5) is 0. The molecule has 1 N–H and O–H groups in total. The molecular weight excluding hydrogens is 101 g/mol. The Balaban J connectivity index is 3.32. The number of allylic oxidation sites excluding steroid dienone is 1. The van der Waals surface area contributed by atoms with Gasteiger partial charge in [-0.3, -0.25) is 0 Å². The van der Waals surface area contributed by atoms with Gasteiger partial charge in [-0.25, -0.2) is 0 Å². The van der Waals surface area contributed by atoms with Crippen LogP contribution in [0.2, 0.25) is 0 Å². The lowest BCUT2D eigenvalue weighted by Gasteiger charge is -2.00. The molecule has 7 heavy (non-hydrogen) atoms. The minimum Gasteiger partial charge on any atom is -0.381 e. The maximum Gasteiger partial charge on any atom is 0.284 e. The molecule has 0 aromatic carbocycles. The van der Waals surface area contributed by atoms with Crippen LogP contribution in [0.4, 0.5) is 0 Å². The Labute approximate surface area is 52.5 Å². The molecule has 0 aromatic heterocycles. The molecule has 0 saturated heterocycles. The van der Waals surface area contributed by atoms with Crippen LogP contribution in [0.3, 0.4) is 0 Å². The number of nitrogens with one attached hydrogen (secondary N) is 1. The number of hydrogen-bond donors (Lipinski definition) is 1. The van der Waals surface area contributed by atoms with E-state index in [-0.39, 0.29) is 0 Å². The smallest absolute Gasteiger partial charge is 0.284 e. The third-order valence-corrected chi connectivity index (χ3v) is 0.677. The van der Waals surface area contributed by atoms with Crippen LogP contribution in [0.15, 0.2) is 23.4 Å². The standard InChI is InChI=1S/C5H8N.Al.2H/c1-4-6-5(2)3;;;/h6H,1-2H2,3H3;;;. The molecule has 0 aromatic rings. The summed E-state index contributed by atoms with van der Waals surface area (Å²) in [6.07, 6.45) is 0. The highest BCUT2D eigenvalue weighted by molar-refractivity contribution is 6.20. The summed E-state index contributed by atoms with van der Waals surface area (Å²) in [5.74, 6) is 0. The molecule has 0 bridgehead atoms. The molecule has 0 heterocycles. The van der Waals surface area contributed by atoms with E-state index in [1.54, 1.807) is 0 Å². The van der Waals surface area contributed by atoms with Crippen LogP contribution >= 0.6 is 0 Å². The van der Waals surface area contributed by atoms with Crippen molar-refractivity contribution < 1.29 is 0 Å². The fourth-order valence-corrected chi connectivity index (χ4v) is 0.791. The lowest BCUT2D eigenvalue weighted by Crippen LogP contribution is -2.07. The summed E-state index contributed by atoms with van der Waals surface area (Å²) in [5.41, 5.74) is 0.972. The lowest BCUT2D eigenvalue weighted by molar-refractivity contribution is 1.05. The predicted octanol–water partition coefficient (Wildman–Crippen LogP) is 0.214. The summed E-state index contributed by atoms with van der Waals surface area (Å²) in [6.45, 7) is 9.25. The largest absolute Gasteiger partial charge is 0.381 e. The van der Waals surface area contributed by atoms with Crippen LogP contribution in [-0.4, -0.2) is 16.3 Å². The minimum atomic E-state index is 0.972. The average Bonchev–Trinajstić information content (AvgIpc) is 1.27. The Bertz CT molecular complexity index is 84.3. The van der Waals surface area contributed by atoms with E-state index < -0.39 is 0 Å². The Hall–Kier alpha value is -0.188. The molecule has 38 valence electrons. The van der Waals surface area contributed by atoms with E-state index in [9.17, 15) is 0 Å². The number of rotatable bonds is 2. The molecule has 0 aliphatic rings. The summed E-state index contributed by atoms with van der Waals surface area (Å²) < 4.78 is 1.08. The van der Waals surface area contributed by atoms with Gasteiger partial charge in [0.2, 0.25) is 0 Å². The zero-order chi connectivity index (χ0) is 5.86. The van der Waals surface area contributed by atoms with Crippen molar-refractivity contribution in [1.82, 2.24) is 5.32 Å². The number of hydrogen-bond acceptors (Lipinski definition) is 1. The molecule has 2 heteroatoms. The second kappa shape index (κ2) is 2.90. The fraction of sp³-hybridized carbons (Fsp3) is 0.200. The molecule has 0 amide bonds. The van der Waals surface area contributed by atoms with Crippen LogP contribution in [0, 0.1) is 0 Å². The van der Waals surface area contributed by atoms with Crippen molar-refractivity contribution in [2.24, 2.45) is 0 Å². The first-order valence-electron chi connectivity index (χ1n) is 2.21. The Morgan fingerprint density at radius 2 is 2.00 bits per heavy atom. The zero-order valence-corrected chi connectivity index (χ0v) is 6.91. The normalized spacial score (nSPS) is 7.57. The fourth-order valence-electron chi connectivity index (χ4n) is 0.364. The molecule has 0 saturated carbocycles. The summed E-state index contributed by atoms with van der Waals surface area (Å²) in [7, 11) is 0. The van der Waals surface area contributed by atoms with Gasteiger partial charge < -0.3 is 5.32 Å². The van der Waals surface area contributed by atoms with Crippen LogP contribution < -0.4 is 5.32 Å². The Morgan fingerprint density at radius 1 is 1.57 bits per heavy atom. The van der Waals surface area contributed by atoms with Gasteiger partial charge in [-0.2, -0.15) is 0 Å². The van der Waals surface area contributed by atoms with Gasteiger partial charge in [0.05, 0.1) is 0 Å². The third kappa shape index (κ3) is 5.81. The van der Waals surface area contributed by atoms with E-state index in [0.29, 0.717) is 0 Å². The van der Waals surface area contributed by atoms with Crippen molar-refractivity contribution >= 4 is 16.3 Å². The molecule has 0 atom stereocenters. The average molecular weight is 111 g/mol. The van der Waals surface area contributed by atoms with Gasteiger partial charge in [-0.05, 0) is 6.92 Å². The van der Waals surface area contributed by atoms with Crippen molar-refractivity contribution in [3.05, 3.63) is 23.4 Å². The van der Waals surface area contributed by atoms with Gasteiger partial charge in [0.15, 0.2) is 0 Å². The lowest BCUT2D eigenvalue weighted by atomic mass is 10.6. The molecule has 0 rings (SSSR count). The van der Waals surface area contributed by atoms with E-state index in [0.717, 1.165) is 26.5 Å². The highest BCUT2D eigenvalue weighted by Gasteiger charge is 1.78.